The van der Waals surface area contributed by atoms with Crippen LogP contribution in [0.15, 0.2) is 18.5 Å². The third-order valence-electron chi connectivity index (χ3n) is 3.51. The number of rotatable bonds is 6. The zero-order valence-corrected chi connectivity index (χ0v) is 11.3. The quantitative estimate of drug-likeness (QED) is 0.848. The molecule has 1 fully saturated rings. The summed E-state index contributed by atoms with van der Waals surface area (Å²) in [6.07, 6.45) is 2.84. The maximum atomic E-state index is 12.1. The molecule has 1 aromatic rings. The number of carbonyl (C=O) groups excluding carboxylic acids is 1. The zero-order chi connectivity index (χ0) is 14.4. The first-order valence-electron chi connectivity index (χ1n) is 6.91. The third kappa shape index (κ3) is 4.56. The van der Waals surface area contributed by atoms with Crippen LogP contribution in [0.2, 0.25) is 0 Å². The van der Waals surface area contributed by atoms with Crippen molar-refractivity contribution < 1.29 is 13.6 Å². The fourth-order valence-corrected chi connectivity index (χ4v) is 2.47. The van der Waals surface area contributed by atoms with E-state index in [0.717, 1.165) is 32.5 Å². The molecule has 0 aliphatic carbocycles. The monoisotopic (exact) mass is 286 g/mol. The highest BCUT2D eigenvalue weighted by molar-refractivity contribution is 5.78. The van der Waals surface area contributed by atoms with E-state index in [0.29, 0.717) is 6.54 Å². The number of hydrogen-bond donors (Lipinski definition) is 1. The van der Waals surface area contributed by atoms with Crippen LogP contribution in [-0.4, -0.2) is 53.2 Å². The first-order valence-corrected chi connectivity index (χ1v) is 6.91. The van der Waals surface area contributed by atoms with E-state index < -0.39 is 13.0 Å². The molecule has 1 saturated heterocycles. The van der Waals surface area contributed by atoms with Gasteiger partial charge in [-0.2, -0.15) is 5.10 Å². The SMILES string of the molecule is O=C(NCC(F)F)C1CCCN(CCn2cccn2)C1. The number of piperidine rings is 1. The van der Waals surface area contributed by atoms with E-state index in [9.17, 15) is 13.6 Å². The lowest BCUT2D eigenvalue weighted by Crippen LogP contribution is -2.44. The van der Waals surface area contributed by atoms with Gasteiger partial charge in [-0.05, 0) is 25.5 Å². The van der Waals surface area contributed by atoms with Crippen LogP contribution in [0.1, 0.15) is 12.8 Å². The second-order valence-electron chi connectivity index (χ2n) is 5.05. The lowest BCUT2D eigenvalue weighted by Gasteiger charge is -2.31. The van der Waals surface area contributed by atoms with Crippen molar-refractivity contribution in [3.8, 4) is 0 Å². The fourth-order valence-electron chi connectivity index (χ4n) is 2.47. The highest BCUT2D eigenvalue weighted by atomic mass is 19.3. The minimum Gasteiger partial charge on any atom is -0.350 e. The van der Waals surface area contributed by atoms with Gasteiger partial charge in [0.05, 0.1) is 19.0 Å². The minimum atomic E-state index is -2.49. The predicted octanol–water partition coefficient (Wildman–Crippen LogP) is 0.976. The van der Waals surface area contributed by atoms with Crippen molar-refractivity contribution in [1.29, 1.82) is 0 Å². The molecule has 2 heterocycles. The molecular formula is C13H20F2N4O. The summed E-state index contributed by atoms with van der Waals surface area (Å²) in [5.74, 6) is -0.436. The summed E-state index contributed by atoms with van der Waals surface area (Å²) in [6.45, 7) is 2.62. The topological polar surface area (TPSA) is 50.2 Å². The third-order valence-corrected chi connectivity index (χ3v) is 3.51. The van der Waals surface area contributed by atoms with E-state index >= 15 is 0 Å². The van der Waals surface area contributed by atoms with Gasteiger partial charge in [-0.15, -0.1) is 0 Å². The van der Waals surface area contributed by atoms with Crippen LogP contribution < -0.4 is 5.32 Å². The zero-order valence-electron chi connectivity index (χ0n) is 11.3. The van der Waals surface area contributed by atoms with E-state index in [4.69, 9.17) is 0 Å². The van der Waals surface area contributed by atoms with Crippen LogP contribution in [0.25, 0.3) is 0 Å². The molecule has 0 spiro atoms. The number of amides is 1. The Labute approximate surface area is 116 Å². The highest BCUT2D eigenvalue weighted by Crippen LogP contribution is 2.16. The summed E-state index contributed by atoms with van der Waals surface area (Å²) in [4.78, 5) is 14.0. The molecule has 112 valence electrons. The molecule has 0 bridgehead atoms. The largest absolute Gasteiger partial charge is 0.350 e. The Morgan fingerprint density at radius 1 is 1.45 bits per heavy atom. The number of aromatic nitrogens is 2. The van der Waals surface area contributed by atoms with Crippen molar-refractivity contribution in [3.63, 3.8) is 0 Å². The lowest BCUT2D eigenvalue weighted by molar-refractivity contribution is -0.127. The lowest BCUT2D eigenvalue weighted by atomic mass is 9.97. The van der Waals surface area contributed by atoms with Crippen molar-refractivity contribution >= 4 is 5.91 Å². The van der Waals surface area contributed by atoms with E-state index in [1.54, 1.807) is 6.20 Å². The minimum absolute atomic E-state index is 0.180. The first-order chi connectivity index (χ1) is 9.65. The molecule has 0 aromatic carbocycles. The molecule has 0 saturated carbocycles. The Balaban J connectivity index is 1.74. The fraction of sp³-hybridized carbons (Fsp3) is 0.692. The second-order valence-corrected chi connectivity index (χ2v) is 5.05. The number of halogens is 2. The number of alkyl halides is 2. The van der Waals surface area contributed by atoms with Gasteiger partial charge in [-0.1, -0.05) is 0 Å². The van der Waals surface area contributed by atoms with Gasteiger partial charge in [-0.3, -0.25) is 9.48 Å². The van der Waals surface area contributed by atoms with Crippen LogP contribution in [0.5, 0.6) is 0 Å². The van der Waals surface area contributed by atoms with Crippen LogP contribution >= 0.6 is 0 Å². The highest BCUT2D eigenvalue weighted by Gasteiger charge is 2.25. The predicted molar refractivity (Wildman–Crippen MR) is 70.4 cm³/mol. The van der Waals surface area contributed by atoms with Gasteiger partial charge in [0.1, 0.15) is 0 Å². The molecular weight excluding hydrogens is 266 g/mol. The Kier molecular flexibility index (Phi) is 5.46. The van der Waals surface area contributed by atoms with E-state index in [-0.39, 0.29) is 11.8 Å². The average molecular weight is 286 g/mol. The summed E-state index contributed by atoms with van der Waals surface area (Å²) in [5, 5.41) is 6.44. The van der Waals surface area contributed by atoms with Gasteiger partial charge < -0.3 is 10.2 Å². The molecule has 20 heavy (non-hydrogen) atoms. The van der Waals surface area contributed by atoms with Crippen LogP contribution in [0.4, 0.5) is 8.78 Å². The molecule has 5 nitrogen and oxygen atoms in total. The van der Waals surface area contributed by atoms with Gasteiger partial charge in [0.2, 0.25) is 5.91 Å². The smallest absolute Gasteiger partial charge is 0.255 e. The van der Waals surface area contributed by atoms with Gasteiger partial charge >= 0.3 is 0 Å². The summed E-state index contributed by atoms with van der Waals surface area (Å²) in [5.41, 5.74) is 0. The Bertz CT molecular complexity index is 411. The van der Waals surface area contributed by atoms with E-state index in [2.05, 4.69) is 15.3 Å². The number of nitrogens with one attached hydrogen (secondary N) is 1. The second kappa shape index (κ2) is 7.33. The van der Waals surface area contributed by atoms with Crippen molar-refractivity contribution in [2.75, 3.05) is 26.2 Å². The van der Waals surface area contributed by atoms with Gasteiger partial charge in [-0.25, -0.2) is 8.78 Å². The first kappa shape index (κ1) is 14.9. The molecule has 1 N–H and O–H groups in total. The maximum Gasteiger partial charge on any atom is 0.255 e. The standard InChI is InChI=1S/C13H20F2N4O/c14-12(15)9-16-13(20)11-3-1-5-18(10-11)7-8-19-6-2-4-17-19/h2,4,6,11-12H,1,3,5,7-10H2,(H,16,20). The maximum absolute atomic E-state index is 12.1. The molecule has 7 heteroatoms. The molecule has 1 aliphatic heterocycles. The Morgan fingerprint density at radius 2 is 2.30 bits per heavy atom. The molecule has 1 atom stereocenters. The van der Waals surface area contributed by atoms with Crippen molar-refractivity contribution in [3.05, 3.63) is 18.5 Å². The summed E-state index contributed by atoms with van der Waals surface area (Å²) in [6, 6.07) is 1.87. The summed E-state index contributed by atoms with van der Waals surface area (Å²) in [7, 11) is 0. The van der Waals surface area contributed by atoms with Crippen LogP contribution in [-0.2, 0) is 11.3 Å². The molecule has 0 radical (unpaired) electrons. The van der Waals surface area contributed by atoms with Gasteiger partial charge in [0.15, 0.2) is 0 Å². The molecule has 1 unspecified atom stereocenters. The van der Waals surface area contributed by atoms with Crippen LogP contribution in [0, 0.1) is 5.92 Å². The van der Waals surface area contributed by atoms with Crippen molar-refractivity contribution in [1.82, 2.24) is 20.0 Å². The number of carbonyl (C=O) groups is 1. The molecule has 1 aliphatic rings. The Hall–Kier alpha value is -1.50. The molecule has 1 amide bonds. The van der Waals surface area contributed by atoms with E-state index in [1.165, 1.54) is 0 Å². The molecule has 1 aromatic heterocycles. The normalized spacial score (nSPS) is 20.2. The number of likely N-dealkylation sites (tertiary alicyclic amines) is 1. The number of hydrogen-bond acceptors (Lipinski definition) is 3. The average Bonchev–Trinajstić information content (AvgIpc) is 2.96. The van der Waals surface area contributed by atoms with E-state index in [1.807, 2.05) is 16.9 Å². The van der Waals surface area contributed by atoms with Crippen LogP contribution in [0.3, 0.4) is 0 Å². The summed E-state index contributed by atoms with van der Waals surface area (Å²) < 4.78 is 26.0. The molecule has 2 rings (SSSR count). The Morgan fingerprint density at radius 3 is 3.00 bits per heavy atom. The summed E-state index contributed by atoms with van der Waals surface area (Å²) >= 11 is 0. The van der Waals surface area contributed by atoms with Gasteiger partial charge in [0.25, 0.3) is 6.43 Å². The van der Waals surface area contributed by atoms with Gasteiger partial charge in [0, 0.05) is 25.5 Å². The van der Waals surface area contributed by atoms with Crippen molar-refractivity contribution in [2.45, 2.75) is 25.8 Å². The van der Waals surface area contributed by atoms with Crippen molar-refractivity contribution in [2.24, 2.45) is 5.92 Å². The number of nitrogens with zero attached hydrogens (tertiary/aromatic N) is 3.